The summed E-state index contributed by atoms with van der Waals surface area (Å²) in [4.78, 5) is 41.6. The van der Waals surface area contributed by atoms with Crippen molar-refractivity contribution in [2.24, 2.45) is 5.92 Å². The Kier molecular flexibility index (Phi) is 8.72. The molecule has 31 heavy (non-hydrogen) atoms. The molecular weight excluding hydrogens is 400 g/mol. The number of aromatic nitrogens is 2. The summed E-state index contributed by atoms with van der Waals surface area (Å²) in [5.41, 5.74) is 4.92. The van der Waals surface area contributed by atoms with E-state index in [4.69, 9.17) is 15.2 Å². The number of nitrogen functional groups attached to an aromatic ring is 1. The van der Waals surface area contributed by atoms with Crippen LogP contribution in [0.25, 0.3) is 0 Å². The number of amides is 1. The average Bonchev–Trinajstić information content (AvgIpc) is 2.74. The standard InChI is InChI=1S/C22H32N4O5/c1-5-6-12-26-20(23)19(21(28)24-22(26)29)25(13-11-15(2)3)18(27)14-31-17-10-8-7-9-16(17)30-4/h7-10,15H,5-6,11-14,23H2,1-4H3,(H,24,28,29). The van der Waals surface area contributed by atoms with Gasteiger partial charge < -0.3 is 20.1 Å². The number of hydrogen-bond donors (Lipinski definition) is 2. The van der Waals surface area contributed by atoms with Gasteiger partial charge in [-0.3, -0.25) is 19.1 Å². The monoisotopic (exact) mass is 432 g/mol. The number of unbranched alkanes of at least 4 members (excludes halogenated alkanes) is 1. The van der Waals surface area contributed by atoms with Gasteiger partial charge in [-0.25, -0.2) is 4.79 Å². The van der Waals surface area contributed by atoms with E-state index in [1.165, 1.54) is 16.6 Å². The molecule has 0 saturated carbocycles. The molecule has 170 valence electrons. The highest BCUT2D eigenvalue weighted by molar-refractivity contribution is 5.96. The Morgan fingerprint density at radius 3 is 2.52 bits per heavy atom. The van der Waals surface area contributed by atoms with E-state index in [1.807, 2.05) is 20.8 Å². The van der Waals surface area contributed by atoms with Crippen molar-refractivity contribution < 1.29 is 14.3 Å². The second-order valence-electron chi connectivity index (χ2n) is 7.67. The fourth-order valence-corrected chi connectivity index (χ4v) is 3.08. The summed E-state index contributed by atoms with van der Waals surface area (Å²) in [7, 11) is 1.51. The molecule has 0 aliphatic carbocycles. The average molecular weight is 433 g/mol. The number of ether oxygens (including phenoxy) is 2. The van der Waals surface area contributed by atoms with Crippen molar-refractivity contribution >= 4 is 17.4 Å². The number of para-hydroxylation sites is 2. The van der Waals surface area contributed by atoms with Crippen molar-refractivity contribution in [3.63, 3.8) is 0 Å². The molecule has 0 aliphatic rings. The maximum absolute atomic E-state index is 13.1. The lowest BCUT2D eigenvalue weighted by Gasteiger charge is -2.25. The van der Waals surface area contributed by atoms with Crippen LogP contribution in [0.1, 0.15) is 40.0 Å². The molecule has 0 saturated heterocycles. The highest BCUT2D eigenvalue weighted by Gasteiger charge is 2.25. The molecule has 0 aliphatic heterocycles. The van der Waals surface area contributed by atoms with Crippen LogP contribution in [-0.2, 0) is 11.3 Å². The number of hydrogen-bond acceptors (Lipinski definition) is 6. The van der Waals surface area contributed by atoms with E-state index in [0.29, 0.717) is 30.9 Å². The summed E-state index contributed by atoms with van der Waals surface area (Å²) in [5, 5.41) is 0. The first-order valence-corrected chi connectivity index (χ1v) is 10.5. The number of nitrogens with one attached hydrogen (secondary N) is 1. The van der Waals surface area contributed by atoms with Crippen LogP contribution in [0, 0.1) is 5.92 Å². The minimum Gasteiger partial charge on any atom is -0.493 e. The molecule has 0 unspecified atom stereocenters. The molecule has 9 heteroatoms. The number of carbonyl (C=O) groups excluding carboxylic acids is 1. The van der Waals surface area contributed by atoms with E-state index in [-0.39, 0.29) is 30.6 Å². The molecule has 9 nitrogen and oxygen atoms in total. The largest absolute Gasteiger partial charge is 0.493 e. The summed E-state index contributed by atoms with van der Waals surface area (Å²) in [6.07, 6.45) is 2.21. The minimum atomic E-state index is -0.690. The van der Waals surface area contributed by atoms with Gasteiger partial charge in [0.05, 0.1) is 7.11 Å². The van der Waals surface area contributed by atoms with Crippen LogP contribution < -0.4 is 31.4 Å². The Morgan fingerprint density at radius 2 is 1.90 bits per heavy atom. The normalized spacial score (nSPS) is 10.9. The fraction of sp³-hybridized carbons (Fsp3) is 0.500. The van der Waals surface area contributed by atoms with E-state index < -0.39 is 17.2 Å². The van der Waals surface area contributed by atoms with Crippen LogP contribution >= 0.6 is 0 Å². The summed E-state index contributed by atoms with van der Waals surface area (Å²) < 4.78 is 12.2. The van der Waals surface area contributed by atoms with Gasteiger partial charge in [0.25, 0.3) is 11.5 Å². The van der Waals surface area contributed by atoms with E-state index in [2.05, 4.69) is 4.98 Å². The number of aromatic amines is 1. The second kappa shape index (κ2) is 11.2. The number of benzene rings is 1. The third-order valence-electron chi connectivity index (χ3n) is 4.87. The van der Waals surface area contributed by atoms with Gasteiger partial charge in [-0.2, -0.15) is 0 Å². The first-order chi connectivity index (χ1) is 14.8. The summed E-state index contributed by atoms with van der Waals surface area (Å²) >= 11 is 0. The zero-order valence-corrected chi connectivity index (χ0v) is 18.6. The molecule has 0 radical (unpaired) electrons. The number of methoxy groups -OCH3 is 1. The molecular formula is C22H32N4O5. The van der Waals surface area contributed by atoms with Crippen LogP contribution in [0.3, 0.4) is 0 Å². The van der Waals surface area contributed by atoms with Gasteiger partial charge in [-0.05, 0) is 30.9 Å². The third kappa shape index (κ3) is 6.13. The molecule has 0 spiro atoms. The lowest BCUT2D eigenvalue weighted by molar-refractivity contribution is -0.120. The molecule has 1 aromatic carbocycles. The Balaban J connectivity index is 2.38. The first kappa shape index (κ1) is 24.0. The van der Waals surface area contributed by atoms with E-state index in [9.17, 15) is 14.4 Å². The predicted molar refractivity (Wildman–Crippen MR) is 121 cm³/mol. The maximum atomic E-state index is 13.1. The lowest BCUT2D eigenvalue weighted by Crippen LogP contribution is -2.43. The van der Waals surface area contributed by atoms with Crippen molar-refractivity contribution in [1.82, 2.24) is 9.55 Å². The first-order valence-electron chi connectivity index (χ1n) is 10.5. The Labute approximate surface area is 181 Å². The Bertz CT molecular complexity index is 996. The van der Waals surface area contributed by atoms with Crippen LogP contribution in [0.2, 0.25) is 0 Å². The fourth-order valence-electron chi connectivity index (χ4n) is 3.08. The number of rotatable bonds is 11. The number of H-pyrrole nitrogens is 1. The van der Waals surface area contributed by atoms with Crippen LogP contribution in [0.5, 0.6) is 11.5 Å². The molecule has 0 atom stereocenters. The van der Waals surface area contributed by atoms with Crippen molar-refractivity contribution in [3.8, 4) is 11.5 Å². The van der Waals surface area contributed by atoms with Crippen molar-refractivity contribution in [2.75, 3.05) is 30.9 Å². The van der Waals surface area contributed by atoms with Gasteiger partial charge in [-0.1, -0.05) is 39.3 Å². The minimum absolute atomic E-state index is 0.0170. The zero-order valence-electron chi connectivity index (χ0n) is 18.6. The van der Waals surface area contributed by atoms with E-state index >= 15 is 0 Å². The SMILES string of the molecule is CCCCn1c(N)c(N(CCC(C)C)C(=O)COc2ccccc2OC)c(=O)[nH]c1=O. The number of nitrogens with zero attached hydrogens (tertiary/aromatic N) is 2. The van der Waals surface area contributed by atoms with Crippen molar-refractivity contribution in [1.29, 1.82) is 0 Å². The quantitative estimate of drug-likeness (QED) is 0.563. The smallest absolute Gasteiger partial charge is 0.330 e. The number of nitrogens with two attached hydrogens (primary N) is 1. The molecule has 1 amide bonds. The van der Waals surface area contributed by atoms with Gasteiger partial charge in [0.15, 0.2) is 23.8 Å². The summed E-state index contributed by atoms with van der Waals surface area (Å²) in [5.74, 6) is 0.740. The Morgan fingerprint density at radius 1 is 1.23 bits per heavy atom. The lowest BCUT2D eigenvalue weighted by atomic mass is 10.1. The molecule has 0 bridgehead atoms. The molecule has 1 heterocycles. The van der Waals surface area contributed by atoms with Crippen LogP contribution in [-0.4, -0.2) is 35.7 Å². The maximum Gasteiger partial charge on any atom is 0.330 e. The number of carbonyl (C=O) groups is 1. The molecule has 2 aromatic rings. The highest BCUT2D eigenvalue weighted by Crippen LogP contribution is 2.26. The van der Waals surface area contributed by atoms with Crippen molar-refractivity contribution in [3.05, 3.63) is 45.1 Å². The topological polar surface area (TPSA) is 120 Å². The highest BCUT2D eigenvalue weighted by atomic mass is 16.5. The van der Waals surface area contributed by atoms with Crippen LogP contribution in [0.4, 0.5) is 11.5 Å². The van der Waals surface area contributed by atoms with Crippen LogP contribution in [0.15, 0.2) is 33.9 Å². The Hall–Kier alpha value is -3.23. The van der Waals surface area contributed by atoms with E-state index in [0.717, 1.165) is 6.42 Å². The third-order valence-corrected chi connectivity index (χ3v) is 4.87. The second-order valence-corrected chi connectivity index (χ2v) is 7.67. The summed E-state index contributed by atoms with van der Waals surface area (Å²) in [6.45, 7) is 6.33. The van der Waals surface area contributed by atoms with Gasteiger partial charge in [0.1, 0.15) is 5.82 Å². The molecule has 0 fully saturated rings. The molecule has 2 rings (SSSR count). The van der Waals surface area contributed by atoms with Gasteiger partial charge in [0.2, 0.25) is 0 Å². The molecule has 3 N–H and O–H groups in total. The van der Waals surface area contributed by atoms with Crippen molar-refractivity contribution in [2.45, 2.75) is 46.6 Å². The number of anilines is 2. The van der Waals surface area contributed by atoms with E-state index in [1.54, 1.807) is 24.3 Å². The summed E-state index contributed by atoms with van der Waals surface area (Å²) in [6, 6.07) is 6.98. The van der Waals surface area contributed by atoms with Gasteiger partial charge in [0, 0.05) is 13.1 Å². The van der Waals surface area contributed by atoms with Gasteiger partial charge in [-0.15, -0.1) is 0 Å². The van der Waals surface area contributed by atoms with Gasteiger partial charge >= 0.3 is 5.69 Å². The zero-order chi connectivity index (χ0) is 23.0. The predicted octanol–water partition coefficient (Wildman–Crippen LogP) is 2.39. The molecule has 1 aromatic heterocycles.